The van der Waals surface area contributed by atoms with Crippen molar-refractivity contribution in [1.29, 1.82) is 0 Å². The van der Waals surface area contributed by atoms with Gasteiger partial charge < -0.3 is 15.2 Å². The van der Waals surface area contributed by atoms with Gasteiger partial charge in [-0.2, -0.15) is 4.31 Å². The Balaban J connectivity index is 2.08. The molecule has 1 aliphatic rings. The molecule has 2 N–H and O–H groups in total. The van der Waals surface area contributed by atoms with Crippen LogP contribution in [0.25, 0.3) is 0 Å². The molecule has 0 radical (unpaired) electrons. The Kier molecular flexibility index (Phi) is 8.89. The molecule has 1 heterocycles. The highest BCUT2D eigenvalue weighted by atomic mass is 35.5. The fraction of sp³-hybridized carbons (Fsp3) is 0.440. The number of hydrogen-bond acceptors (Lipinski definition) is 6. The van der Waals surface area contributed by atoms with Crippen molar-refractivity contribution in [2.45, 2.75) is 44.6 Å². The van der Waals surface area contributed by atoms with Crippen molar-refractivity contribution in [2.24, 2.45) is 10.9 Å². The van der Waals surface area contributed by atoms with Gasteiger partial charge in [-0.25, -0.2) is 12.8 Å². The number of nitrogens with zero attached hydrogens (tertiary/aromatic N) is 2. The Labute approximate surface area is 216 Å². The van der Waals surface area contributed by atoms with Gasteiger partial charge in [-0.15, -0.1) is 0 Å². The number of carbonyl (C=O) groups is 1. The minimum absolute atomic E-state index is 0.000250. The Morgan fingerprint density at radius 2 is 2.11 bits per heavy atom. The van der Waals surface area contributed by atoms with Crippen molar-refractivity contribution < 1.29 is 27.4 Å². The van der Waals surface area contributed by atoms with Crippen LogP contribution in [-0.2, 0) is 14.8 Å². The molecule has 2 aromatic rings. The lowest BCUT2D eigenvalue weighted by molar-refractivity contribution is -0.0173. The number of hydrogen-bond donors (Lipinski definition) is 2. The first-order chi connectivity index (χ1) is 16.8. The minimum Gasteiger partial charge on any atom is -0.386 e. The number of halogens is 2. The molecule has 0 saturated carbocycles. The van der Waals surface area contributed by atoms with Gasteiger partial charge in [-0.05, 0) is 62.1 Å². The minimum atomic E-state index is -4.18. The van der Waals surface area contributed by atoms with Gasteiger partial charge in [-0.3, -0.25) is 9.79 Å². The predicted octanol–water partition coefficient (Wildman–Crippen LogP) is 4.56. The average molecular weight is 540 g/mol. The van der Waals surface area contributed by atoms with Crippen LogP contribution >= 0.6 is 11.6 Å². The zero-order chi connectivity index (χ0) is 26.7. The van der Waals surface area contributed by atoms with Crippen LogP contribution in [0.5, 0.6) is 0 Å². The second kappa shape index (κ2) is 11.4. The zero-order valence-electron chi connectivity index (χ0n) is 20.7. The third-order valence-corrected chi connectivity index (χ3v) is 7.99. The third kappa shape index (κ3) is 6.68. The van der Waals surface area contributed by atoms with E-state index < -0.39 is 27.3 Å². The van der Waals surface area contributed by atoms with Crippen LogP contribution in [0.3, 0.4) is 0 Å². The van der Waals surface area contributed by atoms with Crippen molar-refractivity contribution in [2.75, 3.05) is 31.6 Å². The molecule has 0 aromatic heterocycles. The van der Waals surface area contributed by atoms with Gasteiger partial charge in [0.25, 0.3) is 5.91 Å². The number of benzene rings is 2. The van der Waals surface area contributed by atoms with Crippen LogP contribution in [0.15, 0.2) is 40.2 Å². The van der Waals surface area contributed by atoms with E-state index in [-0.39, 0.29) is 59.1 Å². The summed E-state index contributed by atoms with van der Waals surface area (Å²) >= 11 is 5.81. The molecular weight excluding hydrogens is 509 g/mol. The van der Waals surface area contributed by atoms with Gasteiger partial charge in [-0.1, -0.05) is 25.4 Å². The fourth-order valence-electron chi connectivity index (χ4n) is 3.63. The molecular formula is C25H31ClFN3O5S. The summed E-state index contributed by atoms with van der Waals surface area (Å²) in [6.07, 6.45) is 2.50. The largest absolute Gasteiger partial charge is 0.386 e. The first-order valence-corrected chi connectivity index (χ1v) is 13.4. The standard InChI is InChI=1S/C25H31ClFN3O5S/c1-5-16(2)13-28-23-17(3)10-18(24(31)29-19-6-7-21(27)20(26)12-19)11-22(23)36(33,34)30-8-9-35-15-25(4,32)14-30/h6-7,10-13,16,32H,5,8-9,14-15H2,1-4H3,(H,29,31). The highest BCUT2D eigenvalue weighted by Gasteiger charge is 2.36. The van der Waals surface area contributed by atoms with Crippen molar-refractivity contribution >= 4 is 45.1 Å². The molecule has 1 saturated heterocycles. The first kappa shape index (κ1) is 28.2. The summed E-state index contributed by atoms with van der Waals surface area (Å²) in [7, 11) is -4.18. The SMILES string of the molecule is CCC(C)C=Nc1c(C)cc(C(=O)Nc2ccc(F)c(Cl)c2)cc1S(=O)(=O)N1CCOCC(C)(O)C1. The molecule has 2 atom stereocenters. The van der Waals surface area contributed by atoms with Crippen molar-refractivity contribution in [1.82, 2.24) is 4.31 Å². The molecule has 2 aromatic carbocycles. The number of anilines is 1. The van der Waals surface area contributed by atoms with Crippen LogP contribution in [0, 0.1) is 18.7 Å². The van der Waals surface area contributed by atoms with Gasteiger partial charge in [0.15, 0.2) is 0 Å². The van der Waals surface area contributed by atoms with Gasteiger partial charge in [0.1, 0.15) is 10.7 Å². The summed E-state index contributed by atoms with van der Waals surface area (Å²) in [5, 5.41) is 13.0. The molecule has 1 amide bonds. The number of amides is 1. The van der Waals surface area contributed by atoms with Gasteiger partial charge in [0, 0.05) is 30.6 Å². The first-order valence-electron chi connectivity index (χ1n) is 11.6. The maximum atomic E-state index is 13.8. The van der Waals surface area contributed by atoms with Crippen molar-refractivity contribution in [3.05, 3.63) is 52.3 Å². The summed E-state index contributed by atoms with van der Waals surface area (Å²) in [4.78, 5) is 17.4. The lowest BCUT2D eigenvalue weighted by Crippen LogP contribution is -2.44. The van der Waals surface area contributed by atoms with E-state index >= 15 is 0 Å². The van der Waals surface area contributed by atoms with E-state index in [1.807, 2.05) is 13.8 Å². The van der Waals surface area contributed by atoms with E-state index in [4.69, 9.17) is 16.3 Å². The molecule has 1 fully saturated rings. The zero-order valence-corrected chi connectivity index (χ0v) is 22.3. The lowest BCUT2D eigenvalue weighted by atomic mass is 10.1. The average Bonchev–Trinajstić information content (AvgIpc) is 3.00. The van der Waals surface area contributed by atoms with E-state index in [0.717, 1.165) is 16.8 Å². The maximum Gasteiger partial charge on any atom is 0.255 e. The monoisotopic (exact) mass is 539 g/mol. The van der Waals surface area contributed by atoms with Gasteiger partial charge >= 0.3 is 0 Å². The van der Waals surface area contributed by atoms with E-state index in [2.05, 4.69) is 10.3 Å². The Hall–Kier alpha value is -2.37. The molecule has 8 nitrogen and oxygen atoms in total. The summed E-state index contributed by atoms with van der Waals surface area (Å²) in [5.74, 6) is -1.11. The molecule has 3 rings (SSSR count). The van der Waals surface area contributed by atoms with Gasteiger partial charge in [0.2, 0.25) is 10.0 Å². The number of nitrogens with one attached hydrogen (secondary N) is 1. The number of rotatable bonds is 7. The number of aliphatic hydroxyl groups is 1. The summed E-state index contributed by atoms with van der Waals surface area (Å²) in [5.41, 5.74) is -0.340. The topological polar surface area (TPSA) is 108 Å². The normalized spacial score (nSPS) is 20.3. The molecule has 11 heteroatoms. The molecule has 196 valence electrons. The molecule has 2 unspecified atom stereocenters. The second-order valence-electron chi connectivity index (χ2n) is 9.27. The van der Waals surface area contributed by atoms with E-state index in [1.54, 1.807) is 19.2 Å². The Bertz CT molecular complexity index is 1270. The molecule has 36 heavy (non-hydrogen) atoms. The highest BCUT2D eigenvalue weighted by molar-refractivity contribution is 7.89. The summed E-state index contributed by atoms with van der Waals surface area (Å²) in [6, 6.07) is 6.56. The fourth-order valence-corrected chi connectivity index (χ4v) is 5.59. The Morgan fingerprint density at radius 1 is 1.39 bits per heavy atom. The molecule has 0 aliphatic carbocycles. The predicted molar refractivity (Wildman–Crippen MR) is 138 cm³/mol. The van der Waals surface area contributed by atoms with Crippen molar-refractivity contribution in [3.63, 3.8) is 0 Å². The summed E-state index contributed by atoms with van der Waals surface area (Å²) < 4.78 is 47.7. The quantitative estimate of drug-likeness (QED) is 0.501. The second-order valence-corrected chi connectivity index (χ2v) is 11.6. The van der Waals surface area contributed by atoms with E-state index in [0.29, 0.717) is 5.56 Å². The number of carbonyl (C=O) groups excluding carboxylic acids is 1. The van der Waals surface area contributed by atoms with Crippen LogP contribution in [0.4, 0.5) is 15.8 Å². The van der Waals surface area contributed by atoms with E-state index in [1.165, 1.54) is 25.1 Å². The van der Waals surface area contributed by atoms with Crippen LogP contribution in [-0.4, -0.2) is 61.9 Å². The molecule has 1 aliphatic heterocycles. The van der Waals surface area contributed by atoms with Crippen LogP contribution < -0.4 is 5.32 Å². The third-order valence-electron chi connectivity index (χ3n) is 5.84. The molecule has 0 bridgehead atoms. The number of β-amino-alcohol motifs (C(OH)–C–C–N with tert-alkyl or cyclic N) is 1. The Morgan fingerprint density at radius 3 is 2.78 bits per heavy atom. The van der Waals surface area contributed by atoms with Crippen LogP contribution in [0.2, 0.25) is 5.02 Å². The number of aryl methyl sites for hydroxylation is 1. The number of sulfonamides is 1. The number of aliphatic imine (C=N–C) groups is 1. The number of ether oxygens (including phenoxy) is 1. The van der Waals surface area contributed by atoms with E-state index in [9.17, 15) is 22.7 Å². The highest BCUT2D eigenvalue weighted by Crippen LogP contribution is 2.34. The summed E-state index contributed by atoms with van der Waals surface area (Å²) in [6.45, 7) is 7.12. The smallest absolute Gasteiger partial charge is 0.255 e. The van der Waals surface area contributed by atoms with Crippen molar-refractivity contribution in [3.8, 4) is 0 Å². The van der Waals surface area contributed by atoms with Crippen LogP contribution in [0.1, 0.15) is 43.1 Å². The van der Waals surface area contributed by atoms with Gasteiger partial charge in [0.05, 0.1) is 29.5 Å². The molecule has 0 spiro atoms. The lowest BCUT2D eigenvalue weighted by Gasteiger charge is -2.27. The maximum absolute atomic E-state index is 13.8.